The van der Waals surface area contributed by atoms with E-state index in [1.165, 1.54) is 45.6 Å². The number of carbonyl (C=O) groups excluding carboxylic acids is 6. The van der Waals surface area contributed by atoms with Crippen LogP contribution in [-0.4, -0.2) is 77.0 Å². The third-order valence-corrected chi connectivity index (χ3v) is 7.64. The van der Waals surface area contributed by atoms with Crippen LogP contribution in [0.1, 0.15) is 73.5 Å². The summed E-state index contributed by atoms with van der Waals surface area (Å²) in [5, 5.41) is 0. The Bertz CT molecular complexity index is 1510. The molecule has 256 valence electrons. The predicted octanol–water partition coefficient (Wildman–Crippen LogP) is 4.91. The summed E-state index contributed by atoms with van der Waals surface area (Å²) in [4.78, 5) is 74.7. The molecule has 1 aliphatic rings. The average molecular weight is 665 g/mol. The summed E-state index contributed by atoms with van der Waals surface area (Å²) in [7, 11) is 3.69. The zero-order valence-electron chi connectivity index (χ0n) is 27.2. The fourth-order valence-corrected chi connectivity index (χ4v) is 5.01. The van der Waals surface area contributed by atoms with Gasteiger partial charge in [-0.3, -0.25) is 9.59 Å². The van der Waals surface area contributed by atoms with Gasteiger partial charge in [-0.1, -0.05) is 67.8 Å². The van der Waals surface area contributed by atoms with E-state index >= 15 is 0 Å². The summed E-state index contributed by atoms with van der Waals surface area (Å²) in [5.41, 5.74) is 0.364. The summed E-state index contributed by atoms with van der Waals surface area (Å²) in [6.07, 6.45) is 9.67. The Morgan fingerprint density at radius 1 is 0.542 bits per heavy atom. The minimum atomic E-state index is -0.861. The summed E-state index contributed by atoms with van der Waals surface area (Å²) >= 11 is 0. The molecule has 0 spiro atoms. The maximum Gasteiger partial charge on any atom is 0.339 e. The monoisotopic (exact) mass is 664 g/mol. The number of hydrogen-bond acceptors (Lipinski definition) is 12. The molecule has 0 fully saturated rings. The van der Waals surface area contributed by atoms with Gasteiger partial charge in [-0.15, -0.1) is 0 Å². The fourth-order valence-electron chi connectivity index (χ4n) is 5.01. The number of methoxy groups -OCH3 is 3. The van der Waals surface area contributed by atoms with Crippen LogP contribution in [-0.2, 0) is 38.0 Å². The molecule has 48 heavy (non-hydrogen) atoms. The second-order valence-corrected chi connectivity index (χ2v) is 10.9. The van der Waals surface area contributed by atoms with Gasteiger partial charge in [0.2, 0.25) is 0 Å². The van der Waals surface area contributed by atoms with E-state index in [9.17, 15) is 28.8 Å². The van der Waals surface area contributed by atoms with E-state index in [0.29, 0.717) is 25.7 Å². The standard InChI is InChI=1S/C36H40O12/c1-43-31(37)25-15-7-10-18-28(25)34(40)46-21-13-5-4-6-14-24(22-47-35(41)29-19-11-8-16-26(29)32(38)44-2)23-48-36(42)30-20-12-9-17-27(30)33(39)45-3/h7-12,15-20,24,26,29H,4-6,13-14,21-23H2,1-3H3. The highest BCUT2D eigenvalue weighted by molar-refractivity contribution is 6.03. The molecule has 3 unspecified atom stereocenters. The molecule has 12 nitrogen and oxygen atoms in total. The van der Waals surface area contributed by atoms with Crippen molar-refractivity contribution < 1.29 is 57.2 Å². The van der Waals surface area contributed by atoms with Crippen LogP contribution in [0.5, 0.6) is 0 Å². The number of carbonyl (C=O) groups is 6. The van der Waals surface area contributed by atoms with Crippen molar-refractivity contribution in [3.63, 3.8) is 0 Å². The van der Waals surface area contributed by atoms with E-state index in [1.54, 1.807) is 48.6 Å². The van der Waals surface area contributed by atoms with Gasteiger partial charge in [0.1, 0.15) is 0 Å². The molecular formula is C36H40O12. The Labute approximate surface area is 279 Å². The molecule has 2 aromatic carbocycles. The molecule has 0 aromatic heterocycles. The van der Waals surface area contributed by atoms with E-state index in [-0.39, 0.29) is 42.1 Å². The molecule has 0 N–H and O–H groups in total. The van der Waals surface area contributed by atoms with Crippen LogP contribution in [0.2, 0.25) is 0 Å². The minimum Gasteiger partial charge on any atom is -0.469 e. The number of rotatable bonds is 17. The van der Waals surface area contributed by atoms with Crippen LogP contribution in [0.15, 0.2) is 72.8 Å². The van der Waals surface area contributed by atoms with Crippen LogP contribution in [0.25, 0.3) is 0 Å². The number of hydrogen-bond donors (Lipinski definition) is 0. The first-order valence-corrected chi connectivity index (χ1v) is 15.5. The van der Waals surface area contributed by atoms with E-state index in [2.05, 4.69) is 0 Å². The molecule has 0 saturated carbocycles. The van der Waals surface area contributed by atoms with Crippen LogP contribution in [0, 0.1) is 17.8 Å². The van der Waals surface area contributed by atoms with E-state index in [0.717, 1.165) is 6.42 Å². The zero-order chi connectivity index (χ0) is 34.9. The van der Waals surface area contributed by atoms with Crippen molar-refractivity contribution in [3.05, 3.63) is 95.1 Å². The number of esters is 6. The normalized spacial score (nSPS) is 15.5. The van der Waals surface area contributed by atoms with Crippen molar-refractivity contribution in [1.29, 1.82) is 0 Å². The van der Waals surface area contributed by atoms with Crippen molar-refractivity contribution in [2.24, 2.45) is 17.8 Å². The summed E-state index contributed by atoms with van der Waals surface area (Å²) in [5.74, 6) is -5.91. The Balaban J connectivity index is 1.55. The Morgan fingerprint density at radius 3 is 1.52 bits per heavy atom. The summed E-state index contributed by atoms with van der Waals surface area (Å²) in [6.45, 7) is -0.0269. The lowest BCUT2D eigenvalue weighted by Crippen LogP contribution is -2.32. The van der Waals surface area contributed by atoms with Crippen molar-refractivity contribution in [2.45, 2.75) is 32.1 Å². The summed E-state index contributed by atoms with van der Waals surface area (Å²) < 4.78 is 30.8. The first-order chi connectivity index (χ1) is 23.2. The second-order valence-electron chi connectivity index (χ2n) is 10.9. The first kappa shape index (κ1) is 37.2. The van der Waals surface area contributed by atoms with Crippen LogP contribution in [0.3, 0.4) is 0 Å². The van der Waals surface area contributed by atoms with E-state index in [4.69, 9.17) is 28.4 Å². The van der Waals surface area contributed by atoms with Crippen molar-refractivity contribution in [1.82, 2.24) is 0 Å². The van der Waals surface area contributed by atoms with Crippen molar-refractivity contribution in [2.75, 3.05) is 41.2 Å². The van der Waals surface area contributed by atoms with Gasteiger partial charge in [0.25, 0.3) is 0 Å². The first-order valence-electron chi connectivity index (χ1n) is 15.5. The smallest absolute Gasteiger partial charge is 0.339 e. The predicted molar refractivity (Wildman–Crippen MR) is 171 cm³/mol. The van der Waals surface area contributed by atoms with Crippen LogP contribution < -0.4 is 0 Å². The minimum absolute atomic E-state index is 0.0453. The molecule has 0 amide bonds. The molecule has 0 radical (unpaired) electrons. The van der Waals surface area contributed by atoms with Crippen LogP contribution >= 0.6 is 0 Å². The number of unbranched alkanes of at least 4 members (excludes halogenated alkanes) is 3. The highest BCUT2D eigenvalue weighted by atomic mass is 16.6. The zero-order valence-corrected chi connectivity index (χ0v) is 27.2. The van der Waals surface area contributed by atoms with Gasteiger partial charge in [-0.25, -0.2) is 19.2 Å². The van der Waals surface area contributed by atoms with Gasteiger partial charge in [-0.05, 0) is 37.1 Å². The number of benzene rings is 2. The Kier molecular flexibility index (Phi) is 15.0. The largest absolute Gasteiger partial charge is 0.469 e. The number of allylic oxidation sites excluding steroid dienone is 2. The topological polar surface area (TPSA) is 158 Å². The third kappa shape index (κ3) is 10.6. The quantitative estimate of drug-likeness (QED) is 0.128. The van der Waals surface area contributed by atoms with Gasteiger partial charge >= 0.3 is 35.8 Å². The van der Waals surface area contributed by atoms with Crippen molar-refractivity contribution >= 4 is 35.8 Å². The van der Waals surface area contributed by atoms with E-state index in [1.807, 2.05) is 0 Å². The molecule has 0 heterocycles. The third-order valence-electron chi connectivity index (χ3n) is 7.64. The van der Waals surface area contributed by atoms with Gasteiger partial charge in [0.15, 0.2) is 0 Å². The maximum absolute atomic E-state index is 13.0. The SMILES string of the molecule is COC(=O)c1ccccc1C(=O)OCCCCCCC(COC(=O)c1ccccc1C(=O)OC)COC(=O)C1C=CC=CC1C(=O)OC. The van der Waals surface area contributed by atoms with Gasteiger partial charge in [0.05, 0.1) is 75.2 Å². The highest BCUT2D eigenvalue weighted by Crippen LogP contribution is 2.24. The molecule has 12 heteroatoms. The lowest BCUT2D eigenvalue weighted by Gasteiger charge is -2.22. The maximum atomic E-state index is 13.0. The molecule has 1 aliphatic carbocycles. The van der Waals surface area contributed by atoms with Gasteiger partial charge in [0, 0.05) is 5.92 Å². The molecule has 2 aromatic rings. The molecular weight excluding hydrogens is 624 g/mol. The Hall–Kier alpha value is -5.26. The van der Waals surface area contributed by atoms with Gasteiger partial charge < -0.3 is 28.4 Å². The fraction of sp³-hybridized carbons (Fsp3) is 0.389. The Morgan fingerprint density at radius 2 is 1.00 bits per heavy atom. The molecule has 0 bridgehead atoms. The molecule has 0 aliphatic heterocycles. The van der Waals surface area contributed by atoms with Crippen molar-refractivity contribution in [3.8, 4) is 0 Å². The summed E-state index contributed by atoms with van der Waals surface area (Å²) in [6, 6.07) is 12.4. The average Bonchev–Trinajstić information content (AvgIpc) is 3.13. The second kappa shape index (κ2) is 19.4. The lowest BCUT2D eigenvalue weighted by atomic mass is 9.88. The van der Waals surface area contributed by atoms with Gasteiger partial charge in [-0.2, -0.15) is 0 Å². The lowest BCUT2D eigenvalue weighted by molar-refractivity contribution is -0.156. The highest BCUT2D eigenvalue weighted by Gasteiger charge is 2.33. The van der Waals surface area contributed by atoms with Crippen LogP contribution in [0.4, 0.5) is 0 Å². The van der Waals surface area contributed by atoms with E-state index < -0.39 is 53.6 Å². The molecule has 3 rings (SSSR count). The molecule has 3 atom stereocenters. The number of ether oxygens (including phenoxy) is 6. The molecule has 0 saturated heterocycles.